The lowest BCUT2D eigenvalue weighted by Gasteiger charge is -2.27. The van der Waals surface area contributed by atoms with Gasteiger partial charge in [-0.1, -0.05) is 0 Å². The van der Waals surface area contributed by atoms with E-state index in [-0.39, 0.29) is 5.91 Å². The number of nitrogens with zero attached hydrogens (tertiary/aromatic N) is 2. The number of rotatable bonds is 4. The Morgan fingerprint density at radius 1 is 1.33 bits per heavy atom. The first-order valence-corrected chi connectivity index (χ1v) is 5.60. The summed E-state index contributed by atoms with van der Waals surface area (Å²) in [4.78, 5) is 15.1. The van der Waals surface area contributed by atoms with Crippen LogP contribution in [-0.4, -0.2) is 62.7 Å². The summed E-state index contributed by atoms with van der Waals surface area (Å²) in [7, 11) is 5.54. The zero-order chi connectivity index (χ0) is 11.3. The summed E-state index contributed by atoms with van der Waals surface area (Å²) in [6.45, 7) is 2.21. The highest BCUT2D eigenvalue weighted by molar-refractivity contribution is 5.77. The van der Waals surface area contributed by atoms with E-state index in [0.29, 0.717) is 12.6 Å². The molecule has 0 N–H and O–H groups in total. The van der Waals surface area contributed by atoms with Gasteiger partial charge in [0, 0.05) is 27.2 Å². The van der Waals surface area contributed by atoms with Gasteiger partial charge in [-0.15, -0.1) is 0 Å². The van der Waals surface area contributed by atoms with Crippen LogP contribution < -0.4 is 0 Å². The second kappa shape index (κ2) is 6.08. The van der Waals surface area contributed by atoms with E-state index in [1.807, 2.05) is 11.9 Å². The van der Waals surface area contributed by atoms with Gasteiger partial charge in [-0.3, -0.25) is 9.69 Å². The predicted octanol–water partition coefficient (Wildman–Crippen LogP) is 0.575. The van der Waals surface area contributed by atoms with E-state index in [1.165, 1.54) is 12.8 Å². The van der Waals surface area contributed by atoms with Gasteiger partial charge in [0.1, 0.15) is 0 Å². The standard InChI is InChI=1S/C11H22N2O2/c1-12(2)11(14)9-13(3)8-10-6-4-5-7-15-10/h10H,4-9H2,1-3H3. The molecule has 1 aliphatic heterocycles. The van der Waals surface area contributed by atoms with Crippen LogP contribution in [0.3, 0.4) is 0 Å². The number of hydrogen-bond acceptors (Lipinski definition) is 3. The minimum Gasteiger partial charge on any atom is -0.377 e. The lowest BCUT2D eigenvalue weighted by Crippen LogP contribution is -2.39. The molecule has 0 radical (unpaired) electrons. The van der Waals surface area contributed by atoms with Gasteiger partial charge >= 0.3 is 0 Å². The molecule has 0 aliphatic carbocycles. The van der Waals surface area contributed by atoms with Gasteiger partial charge in [0.25, 0.3) is 0 Å². The van der Waals surface area contributed by atoms with Crippen LogP contribution in [0.1, 0.15) is 19.3 Å². The Morgan fingerprint density at radius 2 is 2.07 bits per heavy atom. The monoisotopic (exact) mass is 214 g/mol. The fourth-order valence-electron chi connectivity index (χ4n) is 1.74. The van der Waals surface area contributed by atoms with Crippen molar-refractivity contribution in [1.29, 1.82) is 0 Å². The van der Waals surface area contributed by atoms with Crippen LogP contribution >= 0.6 is 0 Å². The van der Waals surface area contributed by atoms with Crippen molar-refractivity contribution in [2.75, 3.05) is 40.8 Å². The third-order valence-electron chi connectivity index (χ3n) is 2.69. The third kappa shape index (κ3) is 4.62. The zero-order valence-corrected chi connectivity index (χ0v) is 10.0. The van der Waals surface area contributed by atoms with Crippen molar-refractivity contribution in [2.24, 2.45) is 0 Å². The molecule has 4 heteroatoms. The predicted molar refractivity (Wildman–Crippen MR) is 59.8 cm³/mol. The van der Waals surface area contributed by atoms with Gasteiger partial charge in [-0.05, 0) is 26.3 Å². The van der Waals surface area contributed by atoms with Crippen LogP contribution in [0.25, 0.3) is 0 Å². The van der Waals surface area contributed by atoms with Crippen molar-refractivity contribution in [3.8, 4) is 0 Å². The summed E-state index contributed by atoms with van der Waals surface area (Å²) in [6.07, 6.45) is 3.87. The average molecular weight is 214 g/mol. The number of ether oxygens (including phenoxy) is 1. The Kier molecular flexibility index (Phi) is 5.05. The lowest BCUT2D eigenvalue weighted by atomic mass is 10.1. The van der Waals surface area contributed by atoms with Crippen LogP contribution in [0.15, 0.2) is 0 Å². The SMILES string of the molecule is CN(CC(=O)N(C)C)CC1CCCCO1. The number of likely N-dealkylation sites (N-methyl/N-ethyl adjacent to an activating group) is 2. The van der Waals surface area contributed by atoms with E-state index in [4.69, 9.17) is 4.74 Å². The summed E-state index contributed by atoms with van der Waals surface area (Å²) >= 11 is 0. The Labute approximate surface area is 92.2 Å². The van der Waals surface area contributed by atoms with Crippen molar-refractivity contribution in [1.82, 2.24) is 9.80 Å². The van der Waals surface area contributed by atoms with Crippen molar-refractivity contribution < 1.29 is 9.53 Å². The molecule has 1 rings (SSSR count). The molecule has 1 saturated heterocycles. The Hall–Kier alpha value is -0.610. The molecular formula is C11H22N2O2. The first kappa shape index (κ1) is 12.5. The van der Waals surface area contributed by atoms with Gasteiger partial charge < -0.3 is 9.64 Å². The van der Waals surface area contributed by atoms with E-state index in [9.17, 15) is 4.79 Å². The Morgan fingerprint density at radius 3 is 2.60 bits per heavy atom. The molecule has 1 fully saturated rings. The summed E-state index contributed by atoms with van der Waals surface area (Å²) < 4.78 is 5.62. The molecule has 1 aliphatic rings. The zero-order valence-electron chi connectivity index (χ0n) is 10.0. The van der Waals surface area contributed by atoms with Crippen molar-refractivity contribution >= 4 is 5.91 Å². The fourth-order valence-corrected chi connectivity index (χ4v) is 1.74. The van der Waals surface area contributed by atoms with Gasteiger partial charge in [-0.25, -0.2) is 0 Å². The Balaban J connectivity index is 2.22. The molecule has 1 unspecified atom stereocenters. The van der Waals surface area contributed by atoms with Crippen LogP contribution in [-0.2, 0) is 9.53 Å². The molecule has 0 bridgehead atoms. The van der Waals surface area contributed by atoms with Crippen LogP contribution in [0.2, 0.25) is 0 Å². The van der Waals surface area contributed by atoms with Crippen LogP contribution in [0.4, 0.5) is 0 Å². The number of carbonyl (C=O) groups excluding carboxylic acids is 1. The van der Waals surface area contributed by atoms with Crippen LogP contribution in [0, 0.1) is 0 Å². The second-order valence-corrected chi connectivity index (χ2v) is 4.47. The summed E-state index contributed by atoms with van der Waals surface area (Å²) in [5.41, 5.74) is 0. The lowest BCUT2D eigenvalue weighted by molar-refractivity contribution is -0.130. The maximum atomic E-state index is 11.4. The minimum absolute atomic E-state index is 0.147. The quantitative estimate of drug-likeness (QED) is 0.686. The van der Waals surface area contributed by atoms with E-state index in [2.05, 4.69) is 0 Å². The maximum absolute atomic E-state index is 11.4. The fraction of sp³-hybridized carbons (Fsp3) is 0.909. The topological polar surface area (TPSA) is 32.8 Å². The first-order valence-electron chi connectivity index (χ1n) is 5.60. The van der Waals surface area contributed by atoms with Gasteiger partial charge in [0.15, 0.2) is 0 Å². The highest BCUT2D eigenvalue weighted by atomic mass is 16.5. The molecule has 15 heavy (non-hydrogen) atoms. The Bertz CT molecular complexity index is 201. The van der Waals surface area contributed by atoms with Crippen LogP contribution in [0.5, 0.6) is 0 Å². The molecule has 1 amide bonds. The van der Waals surface area contributed by atoms with Crippen molar-refractivity contribution in [3.05, 3.63) is 0 Å². The molecule has 0 aromatic carbocycles. The summed E-state index contributed by atoms with van der Waals surface area (Å²) in [5, 5.41) is 0. The molecule has 1 heterocycles. The minimum atomic E-state index is 0.147. The number of hydrogen-bond donors (Lipinski definition) is 0. The van der Waals surface area contributed by atoms with E-state index < -0.39 is 0 Å². The van der Waals surface area contributed by atoms with Gasteiger partial charge in [0.05, 0.1) is 12.6 Å². The number of amides is 1. The molecule has 0 spiro atoms. The maximum Gasteiger partial charge on any atom is 0.236 e. The molecular weight excluding hydrogens is 192 g/mol. The second-order valence-electron chi connectivity index (χ2n) is 4.47. The molecule has 0 saturated carbocycles. The smallest absolute Gasteiger partial charge is 0.236 e. The normalized spacial score (nSPS) is 21.7. The molecule has 1 atom stereocenters. The number of carbonyl (C=O) groups is 1. The molecule has 0 aromatic heterocycles. The highest BCUT2D eigenvalue weighted by Crippen LogP contribution is 2.13. The van der Waals surface area contributed by atoms with Gasteiger partial charge in [-0.2, -0.15) is 0 Å². The first-order chi connectivity index (χ1) is 7.09. The summed E-state index contributed by atoms with van der Waals surface area (Å²) in [6, 6.07) is 0. The van der Waals surface area contributed by atoms with Gasteiger partial charge in [0.2, 0.25) is 5.91 Å². The van der Waals surface area contributed by atoms with E-state index >= 15 is 0 Å². The largest absolute Gasteiger partial charge is 0.377 e. The van der Waals surface area contributed by atoms with Crippen molar-refractivity contribution in [3.63, 3.8) is 0 Å². The summed E-state index contributed by atoms with van der Waals surface area (Å²) in [5.74, 6) is 0.147. The third-order valence-corrected chi connectivity index (χ3v) is 2.69. The molecule has 4 nitrogen and oxygen atoms in total. The van der Waals surface area contributed by atoms with E-state index in [0.717, 1.165) is 19.6 Å². The average Bonchev–Trinajstić information content (AvgIpc) is 2.18. The molecule has 88 valence electrons. The molecule has 0 aromatic rings. The van der Waals surface area contributed by atoms with E-state index in [1.54, 1.807) is 19.0 Å². The van der Waals surface area contributed by atoms with Crippen molar-refractivity contribution in [2.45, 2.75) is 25.4 Å². The highest BCUT2D eigenvalue weighted by Gasteiger charge is 2.17.